The molecule has 96 valence electrons. The Morgan fingerprint density at radius 2 is 2.11 bits per heavy atom. The van der Waals surface area contributed by atoms with Gasteiger partial charge in [-0.25, -0.2) is 0 Å². The van der Waals surface area contributed by atoms with Crippen LogP contribution in [0.15, 0.2) is 51.6 Å². The van der Waals surface area contributed by atoms with Gasteiger partial charge in [0, 0.05) is 10.5 Å². The molecule has 3 heteroatoms. The molecule has 0 aliphatic carbocycles. The fourth-order valence-electron chi connectivity index (χ4n) is 2.09. The zero-order chi connectivity index (χ0) is 13.0. The van der Waals surface area contributed by atoms with Gasteiger partial charge in [-0.2, -0.15) is 0 Å². The highest BCUT2D eigenvalue weighted by molar-refractivity contribution is 9.10. The van der Waals surface area contributed by atoms with Crippen LogP contribution in [0.25, 0.3) is 0 Å². The normalized spacial score (nSPS) is 14.4. The zero-order valence-corrected chi connectivity index (χ0v) is 12.3. The Balaban J connectivity index is 2.10. The molecule has 0 aliphatic rings. The maximum Gasteiger partial charge on any atom is 0.120 e. The summed E-state index contributed by atoms with van der Waals surface area (Å²) in [5, 5.41) is 3.60. The SMILES string of the molecule is CCC(NC(C)c1ccco1)c1cccc(Br)c1. The Hall–Kier alpha value is -1.06. The lowest BCUT2D eigenvalue weighted by Crippen LogP contribution is -2.23. The summed E-state index contributed by atoms with van der Waals surface area (Å²) in [4.78, 5) is 0. The van der Waals surface area contributed by atoms with Crippen molar-refractivity contribution in [1.29, 1.82) is 0 Å². The minimum atomic E-state index is 0.212. The molecule has 2 nitrogen and oxygen atoms in total. The number of furan rings is 1. The molecule has 0 fully saturated rings. The quantitative estimate of drug-likeness (QED) is 0.854. The van der Waals surface area contributed by atoms with Gasteiger partial charge >= 0.3 is 0 Å². The maximum atomic E-state index is 5.43. The van der Waals surface area contributed by atoms with Gasteiger partial charge in [-0.15, -0.1) is 0 Å². The van der Waals surface area contributed by atoms with E-state index in [0.29, 0.717) is 6.04 Å². The van der Waals surface area contributed by atoms with Gasteiger partial charge in [0.2, 0.25) is 0 Å². The monoisotopic (exact) mass is 307 g/mol. The minimum absolute atomic E-state index is 0.212. The predicted octanol–water partition coefficient (Wildman–Crippen LogP) is 4.84. The van der Waals surface area contributed by atoms with Crippen molar-refractivity contribution in [3.63, 3.8) is 0 Å². The van der Waals surface area contributed by atoms with E-state index in [4.69, 9.17) is 4.42 Å². The first-order chi connectivity index (χ1) is 8.70. The molecule has 0 spiro atoms. The number of halogens is 1. The van der Waals surface area contributed by atoms with Gasteiger partial charge in [-0.1, -0.05) is 35.0 Å². The second-order valence-corrected chi connectivity index (χ2v) is 5.34. The third-order valence-corrected chi connectivity index (χ3v) is 3.57. The summed E-state index contributed by atoms with van der Waals surface area (Å²) >= 11 is 3.52. The van der Waals surface area contributed by atoms with E-state index in [1.807, 2.05) is 18.2 Å². The van der Waals surface area contributed by atoms with Crippen LogP contribution >= 0.6 is 15.9 Å². The van der Waals surface area contributed by atoms with E-state index < -0.39 is 0 Å². The summed E-state index contributed by atoms with van der Waals surface area (Å²) in [5.74, 6) is 0.975. The summed E-state index contributed by atoms with van der Waals surface area (Å²) in [6.45, 7) is 4.31. The van der Waals surface area contributed by atoms with Crippen LogP contribution in [0.3, 0.4) is 0 Å². The highest BCUT2D eigenvalue weighted by Gasteiger charge is 2.15. The molecular formula is C15H18BrNO. The number of nitrogens with one attached hydrogen (secondary N) is 1. The number of rotatable bonds is 5. The van der Waals surface area contributed by atoms with Gasteiger partial charge in [-0.05, 0) is 43.2 Å². The summed E-state index contributed by atoms with van der Waals surface area (Å²) in [6, 6.07) is 12.9. The van der Waals surface area contributed by atoms with Gasteiger partial charge in [0.15, 0.2) is 0 Å². The lowest BCUT2D eigenvalue weighted by atomic mass is 10.0. The van der Waals surface area contributed by atoms with Gasteiger partial charge in [0.1, 0.15) is 5.76 Å². The van der Waals surface area contributed by atoms with E-state index >= 15 is 0 Å². The Morgan fingerprint density at radius 1 is 1.28 bits per heavy atom. The van der Waals surface area contributed by atoms with Gasteiger partial charge < -0.3 is 9.73 Å². The molecule has 0 saturated carbocycles. The number of hydrogen-bond donors (Lipinski definition) is 1. The van der Waals surface area contributed by atoms with Crippen molar-refractivity contribution in [2.45, 2.75) is 32.4 Å². The second kappa shape index (κ2) is 6.21. The third-order valence-electron chi connectivity index (χ3n) is 3.08. The molecule has 1 N–H and O–H groups in total. The topological polar surface area (TPSA) is 25.2 Å². The van der Waals surface area contributed by atoms with Crippen LogP contribution in [0.5, 0.6) is 0 Å². The number of hydrogen-bond acceptors (Lipinski definition) is 2. The van der Waals surface area contributed by atoms with Crippen molar-refractivity contribution in [3.05, 3.63) is 58.5 Å². The lowest BCUT2D eigenvalue weighted by molar-refractivity contribution is 0.387. The average Bonchev–Trinajstić information content (AvgIpc) is 2.89. The van der Waals surface area contributed by atoms with Crippen molar-refractivity contribution in [2.24, 2.45) is 0 Å². The fourth-order valence-corrected chi connectivity index (χ4v) is 2.51. The molecule has 18 heavy (non-hydrogen) atoms. The summed E-state index contributed by atoms with van der Waals surface area (Å²) in [6.07, 6.45) is 2.76. The van der Waals surface area contributed by atoms with Crippen molar-refractivity contribution in [3.8, 4) is 0 Å². The first-order valence-corrected chi connectivity index (χ1v) is 7.05. The van der Waals surface area contributed by atoms with E-state index in [1.165, 1.54) is 5.56 Å². The van der Waals surface area contributed by atoms with Gasteiger partial charge in [-0.3, -0.25) is 0 Å². The molecule has 1 heterocycles. The molecule has 0 radical (unpaired) electrons. The second-order valence-electron chi connectivity index (χ2n) is 4.42. The lowest BCUT2D eigenvalue weighted by Gasteiger charge is -2.21. The number of benzene rings is 1. The highest BCUT2D eigenvalue weighted by Crippen LogP contribution is 2.24. The maximum absolute atomic E-state index is 5.43. The Labute approximate surface area is 117 Å². The van der Waals surface area contributed by atoms with Crippen molar-refractivity contribution >= 4 is 15.9 Å². The zero-order valence-electron chi connectivity index (χ0n) is 10.7. The molecule has 1 aromatic heterocycles. The predicted molar refractivity (Wildman–Crippen MR) is 77.4 cm³/mol. The van der Waals surface area contributed by atoms with E-state index in [9.17, 15) is 0 Å². The van der Waals surface area contributed by atoms with E-state index in [2.05, 4.69) is 53.3 Å². The molecule has 0 saturated heterocycles. The molecule has 2 unspecified atom stereocenters. The average molecular weight is 308 g/mol. The Bertz CT molecular complexity index is 481. The van der Waals surface area contributed by atoms with Crippen LogP contribution < -0.4 is 5.32 Å². The fraction of sp³-hybridized carbons (Fsp3) is 0.333. The van der Waals surface area contributed by atoms with Crippen LogP contribution in [-0.4, -0.2) is 0 Å². The Kier molecular flexibility index (Phi) is 4.61. The van der Waals surface area contributed by atoms with Crippen LogP contribution in [-0.2, 0) is 0 Å². The minimum Gasteiger partial charge on any atom is -0.468 e. The van der Waals surface area contributed by atoms with E-state index in [1.54, 1.807) is 6.26 Å². The molecule has 2 atom stereocenters. The molecule has 2 aromatic rings. The van der Waals surface area contributed by atoms with Crippen LogP contribution in [0.4, 0.5) is 0 Å². The molecule has 1 aromatic carbocycles. The smallest absolute Gasteiger partial charge is 0.120 e. The molecule has 0 aliphatic heterocycles. The largest absolute Gasteiger partial charge is 0.468 e. The summed E-state index contributed by atoms with van der Waals surface area (Å²) in [7, 11) is 0. The summed E-state index contributed by atoms with van der Waals surface area (Å²) in [5.41, 5.74) is 1.30. The van der Waals surface area contributed by atoms with Crippen molar-refractivity contribution in [1.82, 2.24) is 5.32 Å². The highest BCUT2D eigenvalue weighted by atomic mass is 79.9. The van der Waals surface area contributed by atoms with Crippen molar-refractivity contribution < 1.29 is 4.42 Å². The molecular weight excluding hydrogens is 290 g/mol. The molecule has 0 amide bonds. The van der Waals surface area contributed by atoms with Gasteiger partial charge in [0.05, 0.1) is 12.3 Å². The van der Waals surface area contributed by atoms with Crippen LogP contribution in [0.1, 0.15) is 43.7 Å². The van der Waals surface area contributed by atoms with E-state index in [0.717, 1.165) is 16.7 Å². The third kappa shape index (κ3) is 3.24. The Morgan fingerprint density at radius 3 is 2.72 bits per heavy atom. The van der Waals surface area contributed by atoms with Crippen molar-refractivity contribution in [2.75, 3.05) is 0 Å². The molecule has 2 rings (SSSR count). The van der Waals surface area contributed by atoms with E-state index in [-0.39, 0.29) is 6.04 Å². The standard InChI is InChI=1S/C15H18BrNO/c1-3-14(12-6-4-7-13(16)10-12)17-11(2)15-8-5-9-18-15/h4-11,14,17H,3H2,1-2H3. The first kappa shape index (κ1) is 13.4. The van der Waals surface area contributed by atoms with Crippen LogP contribution in [0.2, 0.25) is 0 Å². The summed E-state index contributed by atoms with van der Waals surface area (Å²) < 4.78 is 6.55. The first-order valence-electron chi connectivity index (χ1n) is 6.25. The van der Waals surface area contributed by atoms with Crippen LogP contribution in [0, 0.1) is 0 Å². The molecule has 0 bridgehead atoms. The van der Waals surface area contributed by atoms with Gasteiger partial charge in [0.25, 0.3) is 0 Å².